The van der Waals surface area contributed by atoms with Crippen molar-refractivity contribution in [2.24, 2.45) is 0 Å². The molecule has 0 saturated heterocycles. The molecule has 0 aliphatic rings. The first-order valence-electron chi connectivity index (χ1n) is 4.85. The van der Waals surface area contributed by atoms with E-state index in [0.717, 1.165) is 28.3 Å². The van der Waals surface area contributed by atoms with Crippen LogP contribution in [-0.2, 0) is 11.2 Å². The van der Waals surface area contributed by atoms with Gasteiger partial charge in [-0.15, -0.1) is 0 Å². The number of aryl methyl sites for hydroxylation is 1. The molecule has 0 radical (unpaired) electrons. The van der Waals surface area contributed by atoms with E-state index in [4.69, 9.17) is 9.84 Å². The van der Waals surface area contributed by atoms with Crippen LogP contribution in [0.5, 0.6) is 5.75 Å². The Bertz CT molecular complexity index is 399. The summed E-state index contributed by atoms with van der Waals surface area (Å²) in [5.41, 5.74) is 1.06. The molecule has 0 atom stereocenters. The number of ether oxygens (including phenoxy) is 1. The number of carbonyl (C=O) groups is 1. The summed E-state index contributed by atoms with van der Waals surface area (Å²) in [7, 11) is 1.62. The number of halogens is 1. The summed E-state index contributed by atoms with van der Waals surface area (Å²) in [6.07, 6.45) is 4.23. The molecule has 0 amide bonds. The van der Waals surface area contributed by atoms with Crippen LogP contribution in [0.4, 0.5) is 0 Å². The molecule has 4 heteroatoms. The molecule has 0 aliphatic heterocycles. The van der Waals surface area contributed by atoms with Crippen LogP contribution in [0.3, 0.4) is 0 Å². The van der Waals surface area contributed by atoms with E-state index in [2.05, 4.69) is 15.9 Å². The maximum absolute atomic E-state index is 10.3. The molecule has 0 unspecified atom stereocenters. The van der Waals surface area contributed by atoms with Gasteiger partial charge in [-0.2, -0.15) is 0 Å². The zero-order chi connectivity index (χ0) is 12.0. The average molecular weight is 285 g/mol. The van der Waals surface area contributed by atoms with Gasteiger partial charge in [0.25, 0.3) is 0 Å². The summed E-state index contributed by atoms with van der Waals surface area (Å²) in [5, 5.41) is 8.44. The van der Waals surface area contributed by atoms with Gasteiger partial charge in [0.1, 0.15) is 5.75 Å². The Morgan fingerprint density at radius 2 is 2.31 bits per heavy atom. The van der Waals surface area contributed by atoms with Gasteiger partial charge in [-0.25, -0.2) is 4.79 Å². The number of carboxylic acids is 1. The highest BCUT2D eigenvalue weighted by atomic mass is 79.9. The van der Waals surface area contributed by atoms with Crippen LogP contribution < -0.4 is 4.74 Å². The van der Waals surface area contributed by atoms with E-state index in [9.17, 15) is 4.79 Å². The highest BCUT2D eigenvalue weighted by Crippen LogP contribution is 2.24. The highest BCUT2D eigenvalue weighted by molar-refractivity contribution is 9.10. The van der Waals surface area contributed by atoms with Gasteiger partial charge in [0, 0.05) is 10.5 Å². The molecule has 0 aliphatic carbocycles. The minimum Gasteiger partial charge on any atom is -0.496 e. The number of carboxylic acid groups (broad SMARTS) is 1. The van der Waals surface area contributed by atoms with Crippen molar-refractivity contribution < 1.29 is 14.6 Å². The summed E-state index contributed by atoms with van der Waals surface area (Å²) in [6, 6.07) is 5.78. The van der Waals surface area contributed by atoms with Gasteiger partial charge in [0.2, 0.25) is 0 Å². The number of methoxy groups -OCH3 is 1. The van der Waals surface area contributed by atoms with Crippen molar-refractivity contribution in [1.29, 1.82) is 0 Å². The van der Waals surface area contributed by atoms with Crippen molar-refractivity contribution >= 4 is 21.9 Å². The van der Waals surface area contributed by atoms with E-state index in [1.807, 2.05) is 18.2 Å². The third-order valence-corrected chi connectivity index (χ3v) is 2.58. The first-order valence-corrected chi connectivity index (χ1v) is 5.64. The molecule has 1 aromatic carbocycles. The third-order valence-electron chi connectivity index (χ3n) is 2.08. The van der Waals surface area contributed by atoms with E-state index in [0.29, 0.717) is 6.42 Å². The zero-order valence-electron chi connectivity index (χ0n) is 8.94. The number of rotatable bonds is 5. The van der Waals surface area contributed by atoms with Gasteiger partial charge in [0.05, 0.1) is 7.11 Å². The molecule has 86 valence electrons. The summed E-state index contributed by atoms with van der Waals surface area (Å²) in [6.45, 7) is 0. The number of benzene rings is 1. The van der Waals surface area contributed by atoms with E-state index < -0.39 is 5.97 Å². The molecular formula is C12H13BrO3. The largest absolute Gasteiger partial charge is 0.496 e. The van der Waals surface area contributed by atoms with Crippen molar-refractivity contribution in [3.8, 4) is 5.75 Å². The molecule has 0 aromatic heterocycles. The van der Waals surface area contributed by atoms with Crippen LogP contribution in [0.15, 0.2) is 34.8 Å². The maximum atomic E-state index is 10.3. The lowest BCUT2D eigenvalue weighted by Crippen LogP contribution is -1.92. The van der Waals surface area contributed by atoms with Crippen LogP contribution >= 0.6 is 15.9 Å². The Balaban J connectivity index is 2.65. The van der Waals surface area contributed by atoms with Gasteiger partial charge in [-0.05, 0) is 36.6 Å². The van der Waals surface area contributed by atoms with Gasteiger partial charge in [-0.1, -0.05) is 22.0 Å². The fourth-order valence-corrected chi connectivity index (χ4v) is 1.77. The van der Waals surface area contributed by atoms with E-state index in [1.165, 1.54) is 0 Å². The van der Waals surface area contributed by atoms with Crippen LogP contribution in [0.1, 0.15) is 12.0 Å². The molecule has 0 fully saturated rings. The standard InChI is InChI=1S/C12H13BrO3/c1-16-11-7-6-10(13)8-9(11)4-2-3-5-12(14)15/h3,5-8H,2,4H2,1H3,(H,14,15)/b5-3+. The predicted octanol–water partition coefficient (Wildman–Crippen LogP) is 3.03. The van der Waals surface area contributed by atoms with Gasteiger partial charge in [-0.3, -0.25) is 0 Å². The van der Waals surface area contributed by atoms with Crippen LogP contribution in [-0.4, -0.2) is 18.2 Å². The molecule has 0 spiro atoms. The minimum atomic E-state index is -0.916. The molecule has 1 rings (SSSR count). The van der Waals surface area contributed by atoms with Gasteiger partial charge >= 0.3 is 5.97 Å². The lowest BCUT2D eigenvalue weighted by atomic mass is 10.1. The van der Waals surface area contributed by atoms with E-state index in [1.54, 1.807) is 13.2 Å². The SMILES string of the molecule is COc1ccc(Br)cc1CC/C=C/C(=O)O. The summed E-state index contributed by atoms with van der Waals surface area (Å²) in [4.78, 5) is 10.3. The Hall–Kier alpha value is -1.29. The number of hydrogen-bond acceptors (Lipinski definition) is 2. The molecule has 0 saturated carbocycles. The summed E-state index contributed by atoms with van der Waals surface area (Å²) >= 11 is 3.39. The van der Waals surface area contributed by atoms with Crippen LogP contribution in [0, 0.1) is 0 Å². The smallest absolute Gasteiger partial charge is 0.327 e. The highest BCUT2D eigenvalue weighted by Gasteiger charge is 2.02. The second-order valence-corrected chi connectivity index (χ2v) is 4.15. The van der Waals surface area contributed by atoms with Crippen molar-refractivity contribution in [3.05, 3.63) is 40.4 Å². The normalized spacial score (nSPS) is 10.6. The summed E-state index contributed by atoms with van der Waals surface area (Å²) in [5.74, 6) is -0.0897. The Kier molecular flexibility index (Phi) is 5.05. The number of allylic oxidation sites excluding steroid dienone is 1. The monoisotopic (exact) mass is 284 g/mol. The van der Waals surface area contributed by atoms with Crippen molar-refractivity contribution in [2.75, 3.05) is 7.11 Å². The lowest BCUT2D eigenvalue weighted by molar-refractivity contribution is -0.131. The Morgan fingerprint density at radius 3 is 2.94 bits per heavy atom. The number of hydrogen-bond donors (Lipinski definition) is 1. The lowest BCUT2D eigenvalue weighted by Gasteiger charge is -2.07. The Labute approximate surface area is 103 Å². The fourth-order valence-electron chi connectivity index (χ4n) is 1.37. The van der Waals surface area contributed by atoms with E-state index in [-0.39, 0.29) is 0 Å². The second-order valence-electron chi connectivity index (χ2n) is 3.24. The van der Waals surface area contributed by atoms with Crippen molar-refractivity contribution in [2.45, 2.75) is 12.8 Å². The topological polar surface area (TPSA) is 46.5 Å². The average Bonchev–Trinajstić information content (AvgIpc) is 2.24. The molecule has 0 bridgehead atoms. The fraction of sp³-hybridized carbons (Fsp3) is 0.250. The molecule has 1 aromatic rings. The van der Waals surface area contributed by atoms with Crippen LogP contribution in [0.2, 0.25) is 0 Å². The first-order chi connectivity index (χ1) is 7.63. The zero-order valence-corrected chi connectivity index (χ0v) is 10.5. The second kappa shape index (κ2) is 6.33. The molecule has 1 N–H and O–H groups in total. The molecule has 16 heavy (non-hydrogen) atoms. The Morgan fingerprint density at radius 1 is 1.56 bits per heavy atom. The van der Waals surface area contributed by atoms with Gasteiger partial charge in [0.15, 0.2) is 0 Å². The number of aliphatic carboxylic acids is 1. The van der Waals surface area contributed by atoms with Crippen molar-refractivity contribution in [3.63, 3.8) is 0 Å². The third kappa shape index (κ3) is 4.06. The molecular weight excluding hydrogens is 272 g/mol. The van der Waals surface area contributed by atoms with Crippen molar-refractivity contribution in [1.82, 2.24) is 0 Å². The quantitative estimate of drug-likeness (QED) is 0.846. The van der Waals surface area contributed by atoms with Gasteiger partial charge < -0.3 is 9.84 Å². The summed E-state index contributed by atoms with van der Waals surface area (Å²) < 4.78 is 6.21. The van der Waals surface area contributed by atoms with Crippen LogP contribution in [0.25, 0.3) is 0 Å². The molecule has 0 heterocycles. The predicted molar refractivity (Wildman–Crippen MR) is 65.8 cm³/mol. The molecule has 3 nitrogen and oxygen atoms in total. The minimum absolute atomic E-state index is 0.680. The van der Waals surface area contributed by atoms with E-state index >= 15 is 0 Å². The first kappa shape index (κ1) is 12.8. The maximum Gasteiger partial charge on any atom is 0.327 e.